The van der Waals surface area contributed by atoms with Crippen molar-refractivity contribution >= 4 is 22.8 Å². The Hall–Kier alpha value is -3.13. The van der Waals surface area contributed by atoms with Crippen LogP contribution in [-0.2, 0) is 16.1 Å². The van der Waals surface area contributed by atoms with Crippen LogP contribution in [0.4, 0.5) is 5.82 Å². The fraction of sp³-hybridized carbons (Fsp3) is 0.381. The summed E-state index contributed by atoms with van der Waals surface area (Å²) in [6.45, 7) is 2.14. The Balaban J connectivity index is 1.46. The number of hydrogen-bond donors (Lipinski definition) is 2. The number of fused-ring (bicyclic) bond motifs is 1. The Labute approximate surface area is 169 Å². The number of benzene rings is 1. The first kappa shape index (κ1) is 19.2. The first-order chi connectivity index (χ1) is 14.2. The zero-order chi connectivity index (χ0) is 20.2. The fourth-order valence-electron chi connectivity index (χ4n) is 3.75. The number of pyridine rings is 1. The summed E-state index contributed by atoms with van der Waals surface area (Å²) in [4.78, 5) is 18.6. The van der Waals surface area contributed by atoms with Crippen LogP contribution in [0.15, 0.2) is 36.4 Å². The second-order valence-electron chi connectivity index (χ2n) is 7.13. The number of carbonyl (C=O) groups is 1. The molecule has 0 spiro atoms. The highest BCUT2D eigenvalue weighted by atomic mass is 16.5. The predicted molar refractivity (Wildman–Crippen MR) is 110 cm³/mol. The molecular formula is C21H25N5O3. The Morgan fingerprint density at radius 3 is 2.97 bits per heavy atom. The van der Waals surface area contributed by atoms with Crippen LogP contribution in [0.5, 0.6) is 5.75 Å². The summed E-state index contributed by atoms with van der Waals surface area (Å²) in [5.74, 6) is 1.86. The molecule has 0 bridgehead atoms. The van der Waals surface area contributed by atoms with Gasteiger partial charge in [0.15, 0.2) is 11.5 Å². The molecule has 1 amide bonds. The topological polar surface area (TPSA) is 92.4 Å². The first-order valence-corrected chi connectivity index (χ1v) is 9.67. The lowest BCUT2D eigenvalue weighted by Crippen LogP contribution is -2.31. The molecule has 4 rings (SSSR count). The van der Waals surface area contributed by atoms with E-state index in [-0.39, 0.29) is 18.4 Å². The minimum atomic E-state index is 0.0282. The Kier molecular flexibility index (Phi) is 5.62. The highest BCUT2D eigenvalue weighted by molar-refractivity contribution is 5.87. The molecule has 0 saturated carbocycles. The van der Waals surface area contributed by atoms with Crippen molar-refractivity contribution in [3.63, 3.8) is 0 Å². The molecule has 3 aromatic rings. The lowest BCUT2D eigenvalue weighted by molar-refractivity contribution is -0.134. The van der Waals surface area contributed by atoms with E-state index >= 15 is 0 Å². The maximum Gasteiger partial charge on any atom is 0.248 e. The van der Waals surface area contributed by atoms with Crippen LogP contribution >= 0.6 is 0 Å². The summed E-state index contributed by atoms with van der Waals surface area (Å²) >= 11 is 0. The van der Waals surface area contributed by atoms with E-state index in [1.807, 2.05) is 41.3 Å². The van der Waals surface area contributed by atoms with Crippen LogP contribution in [0.25, 0.3) is 11.0 Å². The van der Waals surface area contributed by atoms with Gasteiger partial charge in [-0.25, -0.2) is 4.98 Å². The molecule has 1 saturated heterocycles. The molecule has 1 unspecified atom stereocenters. The van der Waals surface area contributed by atoms with Gasteiger partial charge in [0, 0.05) is 43.9 Å². The largest absolute Gasteiger partial charge is 0.496 e. The average Bonchev–Trinajstić information content (AvgIpc) is 3.39. The maximum atomic E-state index is 12.0. The smallest absolute Gasteiger partial charge is 0.248 e. The van der Waals surface area contributed by atoms with Gasteiger partial charge < -0.3 is 19.7 Å². The van der Waals surface area contributed by atoms with E-state index in [9.17, 15) is 4.79 Å². The molecule has 152 valence electrons. The van der Waals surface area contributed by atoms with Crippen molar-refractivity contribution in [1.82, 2.24) is 20.1 Å². The van der Waals surface area contributed by atoms with Crippen LogP contribution in [0.2, 0.25) is 0 Å². The normalized spacial score (nSPS) is 16.3. The van der Waals surface area contributed by atoms with Gasteiger partial charge in [0.2, 0.25) is 5.91 Å². The van der Waals surface area contributed by atoms with Gasteiger partial charge in [-0.15, -0.1) is 0 Å². The van der Waals surface area contributed by atoms with E-state index < -0.39 is 0 Å². The zero-order valence-corrected chi connectivity index (χ0v) is 16.6. The molecule has 29 heavy (non-hydrogen) atoms. The van der Waals surface area contributed by atoms with Crippen LogP contribution in [0.1, 0.15) is 23.6 Å². The first-order valence-electron chi connectivity index (χ1n) is 9.67. The minimum absolute atomic E-state index is 0.0282. The standard InChI is InChI=1S/C21H25N5O3/c1-28-13-19(27)26-10-9-15(12-26)17-8-7-16-20(24-25-21(16)23-17)22-11-14-5-3-4-6-18(14)29-2/h3-8,15H,9-13H2,1-2H3,(H2,22,23,24,25). The number of para-hydroxylation sites is 1. The molecule has 2 N–H and O–H groups in total. The van der Waals surface area contributed by atoms with Crippen molar-refractivity contribution in [1.29, 1.82) is 0 Å². The number of nitrogens with one attached hydrogen (secondary N) is 2. The number of ether oxygens (including phenoxy) is 2. The molecule has 3 heterocycles. The maximum absolute atomic E-state index is 12.0. The van der Waals surface area contributed by atoms with Crippen molar-refractivity contribution in [3.05, 3.63) is 47.7 Å². The lowest BCUT2D eigenvalue weighted by Gasteiger charge is -2.15. The van der Waals surface area contributed by atoms with Gasteiger partial charge in [-0.05, 0) is 24.6 Å². The number of H-pyrrole nitrogens is 1. The molecule has 0 radical (unpaired) electrons. The van der Waals surface area contributed by atoms with E-state index in [1.165, 1.54) is 0 Å². The number of methoxy groups -OCH3 is 2. The summed E-state index contributed by atoms with van der Waals surface area (Å²) in [5.41, 5.74) is 2.78. The number of nitrogens with zero attached hydrogens (tertiary/aromatic N) is 3. The molecule has 1 aromatic carbocycles. The van der Waals surface area contributed by atoms with Gasteiger partial charge in [0.1, 0.15) is 12.4 Å². The van der Waals surface area contributed by atoms with Crippen molar-refractivity contribution in [2.24, 2.45) is 0 Å². The quantitative estimate of drug-likeness (QED) is 0.639. The van der Waals surface area contributed by atoms with Crippen molar-refractivity contribution in [3.8, 4) is 5.75 Å². The Morgan fingerprint density at radius 1 is 1.28 bits per heavy atom. The van der Waals surface area contributed by atoms with E-state index in [0.29, 0.717) is 13.1 Å². The second-order valence-corrected chi connectivity index (χ2v) is 7.13. The third-order valence-electron chi connectivity index (χ3n) is 5.31. The summed E-state index contributed by atoms with van der Waals surface area (Å²) in [5, 5.41) is 11.7. The molecule has 8 heteroatoms. The number of amides is 1. The molecule has 1 aliphatic heterocycles. The van der Waals surface area contributed by atoms with Crippen LogP contribution in [-0.4, -0.2) is 59.9 Å². The van der Waals surface area contributed by atoms with Gasteiger partial charge in [0.05, 0.1) is 12.5 Å². The molecule has 1 fully saturated rings. The predicted octanol–water partition coefficient (Wildman–Crippen LogP) is 2.54. The van der Waals surface area contributed by atoms with E-state index in [2.05, 4.69) is 15.5 Å². The van der Waals surface area contributed by atoms with Crippen LogP contribution in [0, 0.1) is 0 Å². The monoisotopic (exact) mass is 395 g/mol. The molecule has 1 aliphatic rings. The molecule has 2 aromatic heterocycles. The van der Waals surface area contributed by atoms with E-state index in [0.717, 1.165) is 46.8 Å². The number of aromatic amines is 1. The third-order valence-corrected chi connectivity index (χ3v) is 5.31. The van der Waals surface area contributed by atoms with Gasteiger partial charge in [-0.3, -0.25) is 9.89 Å². The number of hydrogen-bond acceptors (Lipinski definition) is 6. The Morgan fingerprint density at radius 2 is 2.14 bits per heavy atom. The van der Waals surface area contributed by atoms with Gasteiger partial charge >= 0.3 is 0 Å². The van der Waals surface area contributed by atoms with Gasteiger partial charge in [0.25, 0.3) is 0 Å². The lowest BCUT2D eigenvalue weighted by atomic mass is 10.0. The van der Waals surface area contributed by atoms with Gasteiger partial charge in [-0.1, -0.05) is 18.2 Å². The summed E-state index contributed by atoms with van der Waals surface area (Å²) in [6.07, 6.45) is 0.904. The highest BCUT2D eigenvalue weighted by Gasteiger charge is 2.28. The number of anilines is 1. The Bertz CT molecular complexity index is 1000. The molecule has 1 atom stereocenters. The van der Waals surface area contributed by atoms with Crippen LogP contribution in [0.3, 0.4) is 0 Å². The number of aromatic nitrogens is 3. The summed E-state index contributed by atoms with van der Waals surface area (Å²) in [7, 11) is 3.21. The number of carbonyl (C=O) groups excluding carboxylic acids is 1. The highest BCUT2D eigenvalue weighted by Crippen LogP contribution is 2.29. The van der Waals surface area contributed by atoms with E-state index in [1.54, 1.807) is 14.2 Å². The summed E-state index contributed by atoms with van der Waals surface area (Å²) < 4.78 is 10.4. The van der Waals surface area contributed by atoms with Crippen molar-refractivity contribution in [2.75, 3.05) is 39.2 Å². The molecule has 8 nitrogen and oxygen atoms in total. The van der Waals surface area contributed by atoms with Crippen molar-refractivity contribution in [2.45, 2.75) is 18.9 Å². The van der Waals surface area contributed by atoms with E-state index in [4.69, 9.17) is 14.5 Å². The average molecular weight is 395 g/mol. The van der Waals surface area contributed by atoms with Gasteiger partial charge in [-0.2, -0.15) is 5.10 Å². The SMILES string of the molecule is COCC(=O)N1CCC(c2ccc3c(NCc4ccccc4OC)n[nH]c3n2)C1. The third kappa shape index (κ3) is 4.02. The summed E-state index contributed by atoms with van der Waals surface area (Å²) in [6, 6.07) is 12.0. The van der Waals surface area contributed by atoms with Crippen LogP contribution < -0.4 is 10.1 Å². The second kappa shape index (κ2) is 8.48. The van der Waals surface area contributed by atoms with Crippen molar-refractivity contribution < 1.29 is 14.3 Å². The fourth-order valence-corrected chi connectivity index (χ4v) is 3.75. The molecular weight excluding hydrogens is 370 g/mol. The zero-order valence-electron chi connectivity index (χ0n) is 16.6. The molecule has 0 aliphatic carbocycles. The number of likely N-dealkylation sites (tertiary alicyclic amines) is 1. The minimum Gasteiger partial charge on any atom is -0.496 e. The number of rotatable bonds is 7.